The van der Waals surface area contributed by atoms with Crippen molar-refractivity contribution < 1.29 is 0 Å². The molecule has 0 N–H and O–H groups in total. The maximum absolute atomic E-state index is 4.50. The van der Waals surface area contributed by atoms with Gasteiger partial charge in [-0.15, -0.1) is 10.2 Å². The van der Waals surface area contributed by atoms with E-state index in [0.29, 0.717) is 6.04 Å². The molecule has 2 aromatic heterocycles. The Hall–Kier alpha value is -1.40. The highest BCUT2D eigenvalue weighted by molar-refractivity contribution is 7.98. The molecule has 0 bridgehead atoms. The summed E-state index contributed by atoms with van der Waals surface area (Å²) in [6, 6.07) is 6.33. The van der Waals surface area contributed by atoms with E-state index in [-0.39, 0.29) is 0 Å². The summed E-state index contributed by atoms with van der Waals surface area (Å²) >= 11 is 1.72. The van der Waals surface area contributed by atoms with Gasteiger partial charge >= 0.3 is 0 Å². The van der Waals surface area contributed by atoms with Crippen LogP contribution in [-0.2, 0) is 12.3 Å². The smallest absolute Gasteiger partial charge is 0.191 e. The lowest BCUT2D eigenvalue weighted by Crippen LogP contribution is -2.23. The Bertz CT molecular complexity index is 582. The summed E-state index contributed by atoms with van der Waals surface area (Å²) in [4.78, 5) is 6.61. The number of pyridine rings is 1. The van der Waals surface area contributed by atoms with Crippen molar-refractivity contribution in [2.24, 2.45) is 0 Å². The molecule has 126 valence electrons. The van der Waals surface area contributed by atoms with Crippen LogP contribution in [0.5, 0.6) is 0 Å². The second-order valence-corrected chi connectivity index (χ2v) is 6.79. The molecular weight excluding hydrogens is 306 g/mol. The van der Waals surface area contributed by atoms with Gasteiger partial charge < -0.3 is 4.57 Å². The van der Waals surface area contributed by atoms with Gasteiger partial charge in [0.05, 0.1) is 11.7 Å². The van der Waals surface area contributed by atoms with E-state index in [4.69, 9.17) is 0 Å². The van der Waals surface area contributed by atoms with Gasteiger partial charge in [-0.2, -0.15) is 0 Å². The van der Waals surface area contributed by atoms with Crippen molar-refractivity contribution in [3.63, 3.8) is 0 Å². The highest BCUT2D eigenvalue weighted by Crippen LogP contribution is 2.27. The monoisotopic (exact) mass is 333 g/mol. The molecule has 2 heterocycles. The summed E-state index contributed by atoms with van der Waals surface area (Å²) in [6.07, 6.45) is 5.18. The number of nitrogens with zero attached hydrogens (tertiary/aromatic N) is 5. The van der Waals surface area contributed by atoms with E-state index in [2.05, 4.69) is 58.7 Å². The largest absolute Gasteiger partial charge is 0.305 e. The molecule has 0 aliphatic heterocycles. The van der Waals surface area contributed by atoms with Gasteiger partial charge in [-0.05, 0) is 39.1 Å². The molecular formula is C17H27N5S. The first-order chi connectivity index (χ1) is 11.2. The number of unbranched alkanes of at least 4 members (excludes halogenated alkanes) is 1. The molecule has 0 aliphatic rings. The number of hydrogen-bond donors (Lipinski definition) is 0. The van der Waals surface area contributed by atoms with Crippen molar-refractivity contribution in [3.05, 3.63) is 35.9 Å². The lowest BCUT2D eigenvalue weighted by molar-refractivity contribution is 0.270. The Morgan fingerprint density at radius 3 is 2.65 bits per heavy atom. The van der Waals surface area contributed by atoms with Gasteiger partial charge in [0.1, 0.15) is 0 Å². The third kappa shape index (κ3) is 4.78. The molecule has 0 fully saturated rings. The molecule has 6 heteroatoms. The van der Waals surface area contributed by atoms with Crippen molar-refractivity contribution in [3.8, 4) is 0 Å². The van der Waals surface area contributed by atoms with Crippen LogP contribution < -0.4 is 0 Å². The lowest BCUT2D eigenvalue weighted by Gasteiger charge is -2.23. The van der Waals surface area contributed by atoms with Gasteiger partial charge in [0.25, 0.3) is 0 Å². The van der Waals surface area contributed by atoms with E-state index >= 15 is 0 Å². The predicted octanol–water partition coefficient (Wildman–Crippen LogP) is 3.78. The van der Waals surface area contributed by atoms with E-state index in [9.17, 15) is 0 Å². The van der Waals surface area contributed by atoms with Gasteiger partial charge in [0, 0.05) is 18.5 Å². The highest BCUT2D eigenvalue weighted by atomic mass is 32.2. The quantitative estimate of drug-likeness (QED) is 0.654. The zero-order valence-corrected chi connectivity index (χ0v) is 15.4. The van der Waals surface area contributed by atoms with E-state index in [1.54, 1.807) is 11.8 Å². The standard InChI is InChI=1S/C17H27N5S/c1-5-7-12-22-16(15(6-2)21(3)4)19-20-17(22)23-13-14-10-8-9-11-18-14/h8-11,15H,5-7,12-13H2,1-4H3/t15-/m0/s1. The third-order valence-corrected chi connectivity index (χ3v) is 4.86. The fourth-order valence-corrected chi connectivity index (χ4v) is 3.47. The van der Waals surface area contributed by atoms with E-state index in [1.165, 1.54) is 6.42 Å². The van der Waals surface area contributed by atoms with Crippen LogP contribution in [0.2, 0.25) is 0 Å². The van der Waals surface area contributed by atoms with E-state index in [0.717, 1.165) is 41.8 Å². The predicted molar refractivity (Wildman–Crippen MR) is 95.4 cm³/mol. The number of thioether (sulfide) groups is 1. The second-order valence-electron chi connectivity index (χ2n) is 5.84. The first-order valence-corrected chi connectivity index (χ1v) is 9.28. The maximum atomic E-state index is 4.50. The van der Waals surface area contributed by atoms with E-state index < -0.39 is 0 Å². The normalized spacial score (nSPS) is 12.7. The van der Waals surface area contributed by atoms with Gasteiger partial charge in [0.2, 0.25) is 0 Å². The second kappa shape index (κ2) is 9.03. The molecule has 2 aromatic rings. The fourth-order valence-electron chi connectivity index (χ4n) is 2.58. The Kier molecular flexibility index (Phi) is 7.05. The minimum atomic E-state index is 0.309. The van der Waals surface area contributed by atoms with Crippen LogP contribution in [0.3, 0.4) is 0 Å². The maximum Gasteiger partial charge on any atom is 0.191 e. The summed E-state index contributed by atoms with van der Waals surface area (Å²) < 4.78 is 2.30. The van der Waals surface area contributed by atoms with Crippen molar-refractivity contribution in [2.75, 3.05) is 14.1 Å². The summed E-state index contributed by atoms with van der Waals surface area (Å²) in [5, 5.41) is 9.96. The molecule has 0 saturated heterocycles. The average Bonchev–Trinajstić information content (AvgIpc) is 2.95. The molecule has 0 aromatic carbocycles. The molecule has 0 unspecified atom stereocenters. The summed E-state index contributed by atoms with van der Waals surface area (Å²) in [5.74, 6) is 1.90. The van der Waals surface area contributed by atoms with Crippen LogP contribution in [0.15, 0.2) is 29.6 Å². The van der Waals surface area contributed by atoms with Gasteiger partial charge in [-0.25, -0.2) is 0 Å². The molecule has 23 heavy (non-hydrogen) atoms. The third-order valence-electron chi connectivity index (χ3n) is 3.86. The molecule has 5 nitrogen and oxygen atoms in total. The topological polar surface area (TPSA) is 46.8 Å². The molecule has 0 saturated carbocycles. The number of rotatable bonds is 9. The van der Waals surface area contributed by atoms with Crippen LogP contribution >= 0.6 is 11.8 Å². The number of aromatic nitrogens is 4. The zero-order chi connectivity index (χ0) is 16.7. The molecule has 0 radical (unpaired) electrons. The van der Waals surface area contributed by atoms with Crippen molar-refractivity contribution in [1.29, 1.82) is 0 Å². The molecule has 0 aliphatic carbocycles. The van der Waals surface area contributed by atoms with Gasteiger partial charge in [-0.3, -0.25) is 9.88 Å². The van der Waals surface area contributed by atoms with Crippen LogP contribution in [0.25, 0.3) is 0 Å². The van der Waals surface area contributed by atoms with Crippen molar-refractivity contribution in [1.82, 2.24) is 24.6 Å². The van der Waals surface area contributed by atoms with Crippen molar-refractivity contribution >= 4 is 11.8 Å². The Morgan fingerprint density at radius 1 is 1.22 bits per heavy atom. The molecule has 2 rings (SSSR count). The Morgan fingerprint density at radius 2 is 2.04 bits per heavy atom. The summed E-state index contributed by atoms with van der Waals surface area (Å²) in [5.41, 5.74) is 1.07. The lowest BCUT2D eigenvalue weighted by atomic mass is 10.2. The van der Waals surface area contributed by atoms with Crippen LogP contribution in [-0.4, -0.2) is 38.7 Å². The zero-order valence-electron chi connectivity index (χ0n) is 14.6. The van der Waals surface area contributed by atoms with Crippen LogP contribution in [0, 0.1) is 0 Å². The minimum Gasteiger partial charge on any atom is -0.305 e. The average molecular weight is 334 g/mol. The fraction of sp³-hybridized carbons (Fsp3) is 0.588. The van der Waals surface area contributed by atoms with E-state index in [1.807, 2.05) is 18.3 Å². The first kappa shape index (κ1) is 17.9. The summed E-state index contributed by atoms with van der Waals surface area (Å²) in [6.45, 7) is 5.39. The summed E-state index contributed by atoms with van der Waals surface area (Å²) in [7, 11) is 4.21. The SMILES string of the molecule is CCCCn1c(SCc2ccccn2)nnc1[C@H](CC)N(C)C. The minimum absolute atomic E-state index is 0.309. The Balaban J connectivity index is 2.19. The van der Waals surface area contributed by atoms with Crippen LogP contribution in [0.4, 0.5) is 0 Å². The highest BCUT2D eigenvalue weighted by Gasteiger charge is 2.21. The first-order valence-electron chi connectivity index (χ1n) is 8.29. The molecule has 0 spiro atoms. The van der Waals surface area contributed by atoms with Crippen molar-refractivity contribution in [2.45, 2.75) is 56.6 Å². The molecule has 0 amide bonds. The van der Waals surface area contributed by atoms with Crippen LogP contribution in [0.1, 0.15) is 50.7 Å². The van der Waals surface area contributed by atoms with Gasteiger partial charge in [-0.1, -0.05) is 38.1 Å². The molecule has 1 atom stereocenters. The van der Waals surface area contributed by atoms with Gasteiger partial charge in [0.15, 0.2) is 11.0 Å². The Labute approximate surface area is 143 Å². The number of hydrogen-bond acceptors (Lipinski definition) is 5.